The molecule has 27 heavy (non-hydrogen) atoms. The Morgan fingerprint density at radius 2 is 2.00 bits per heavy atom. The Labute approximate surface area is 153 Å². The molecule has 0 atom stereocenters. The Kier molecular flexibility index (Phi) is 3.09. The molecule has 0 aliphatic carbocycles. The van der Waals surface area contributed by atoms with Gasteiger partial charge in [0, 0.05) is 17.3 Å². The van der Waals surface area contributed by atoms with Gasteiger partial charge in [-0.25, -0.2) is 4.98 Å². The molecular weight excluding hydrogens is 342 g/mol. The van der Waals surface area contributed by atoms with Crippen molar-refractivity contribution in [2.45, 2.75) is 0 Å². The van der Waals surface area contributed by atoms with Crippen LogP contribution in [0.1, 0.15) is 11.1 Å². The van der Waals surface area contributed by atoms with Crippen LogP contribution >= 0.6 is 0 Å². The Balaban J connectivity index is 1.94. The number of pyridine rings is 1. The number of para-hydroxylation sites is 2. The number of rotatable bonds is 2. The number of fused-ring (bicyclic) bond motifs is 4. The summed E-state index contributed by atoms with van der Waals surface area (Å²) in [6.07, 6.45) is 1.17. The van der Waals surface area contributed by atoms with Gasteiger partial charge in [-0.05, 0) is 29.8 Å². The monoisotopic (exact) mass is 355 g/mol. The first-order chi connectivity index (χ1) is 13.2. The quantitative estimate of drug-likeness (QED) is 0.536. The van der Waals surface area contributed by atoms with Gasteiger partial charge in [0.25, 0.3) is 0 Å². The molecule has 0 fully saturated rings. The number of ether oxygens (including phenoxy) is 2. The van der Waals surface area contributed by atoms with Crippen LogP contribution in [-0.2, 0) is 0 Å². The van der Waals surface area contributed by atoms with Crippen LogP contribution in [0.5, 0.6) is 11.5 Å². The molecule has 2 aromatic heterocycles. The molecule has 130 valence electrons. The number of nitrogen functional groups attached to an aromatic ring is 1. The topological polar surface area (TPSA) is 109 Å². The summed E-state index contributed by atoms with van der Waals surface area (Å²) in [5.41, 5.74) is 10.5. The molecule has 0 radical (unpaired) electrons. The van der Waals surface area contributed by atoms with E-state index in [9.17, 15) is 5.26 Å². The lowest BCUT2D eigenvalue weighted by Crippen LogP contribution is -2.07. The molecule has 2 aromatic carbocycles. The summed E-state index contributed by atoms with van der Waals surface area (Å²) in [4.78, 5) is 4.61. The second-order valence-corrected chi connectivity index (χ2v) is 6.13. The zero-order valence-electron chi connectivity index (χ0n) is 14.1. The van der Waals surface area contributed by atoms with E-state index in [0.717, 1.165) is 16.6 Å². The average Bonchev–Trinajstić information content (AvgIpc) is 3.31. The van der Waals surface area contributed by atoms with Crippen LogP contribution in [0, 0.1) is 16.7 Å². The van der Waals surface area contributed by atoms with Gasteiger partial charge in [-0.2, -0.15) is 5.26 Å². The highest BCUT2D eigenvalue weighted by Gasteiger charge is 2.23. The molecule has 0 unspecified atom stereocenters. The number of nitrogens with zero attached hydrogens (tertiary/aromatic N) is 3. The minimum absolute atomic E-state index is 0.161. The summed E-state index contributed by atoms with van der Waals surface area (Å²) in [6, 6.07) is 15.2. The van der Waals surface area contributed by atoms with E-state index in [1.807, 2.05) is 30.3 Å². The number of anilines is 1. The molecule has 1 aliphatic heterocycles. The molecular formula is C20H13N5O2. The van der Waals surface area contributed by atoms with Crippen molar-refractivity contribution in [1.29, 1.82) is 10.7 Å². The molecule has 0 amide bonds. The van der Waals surface area contributed by atoms with Crippen molar-refractivity contribution >= 4 is 28.7 Å². The Morgan fingerprint density at radius 1 is 1.19 bits per heavy atom. The van der Waals surface area contributed by atoms with Gasteiger partial charge in [0.05, 0.1) is 11.0 Å². The number of imidazole rings is 1. The second kappa shape index (κ2) is 5.47. The lowest BCUT2D eigenvalue weighted by molar-refractivity contribution is 0.174. The van der Waals surface area contributed by atoms with E-state index >= 15 is 0 Å². The van der Waals surface area contributed by atoms with Crippen LogP contribution in [0.15, 0.2) is 42.5 Å². The smallest absolute Gasteiger partial charge is 0.231 e. The van der Waals surface area contributed by atoms with Crippen molar-refractivity contribution in [1.82, 2.24) is 9.38 Å². The van der Waals surface area contributed by atoms with Gasteiger partial charge in [0.15, 0.2) is 17.1 Å². The summed E-state index contributed by atoms with van der Waals surface area (Å²) in [6.45, 7) is 0.161. The molecule has 7 nitrogen and oxygen atoms in total. The molecule has 7 heteroatoms. The highest BCUT2D eigenvalue weighted by Crippen LogP contribution is 2.40. The summed E-state index contributed by atoms with van der Waals surface area (Å²) in [7, 11) is 0. The molecule has 0 saturated heterocycles. The molecule has 0 saturated carbocycles. The lowest BCUT2D eigenvalue weighted by atomic mass is 9.95. The first-order valence-electron chi connectivity index (χ1n) is 8.26. The summed E-state index contributed by atoms with van der Waals surface area (Å²) in [5, 5.41) is 17.9. The van der Waals surface area contributed by atoms with E-state index in [2.05, 4.69) is 11.1 Å². The van der Waals surface area contributed by atoms with Crippen molar-refractivity contribution in [2.24, 2.45) is 0 Å². The van der Waals surface area contributed by atoms with Crippen molar-refractivity contribution in [3.63, 3.8) is 0 Å². The number of nitrogens with one attached hydrogen (secondary N) is 1. The third-order valence-electron chi connectivity index (χ3n) is 4.74. The maximum absolute atomic E-state index is 9.93. The van der Waals surface area contributed by atoms with Crippen molar-refractivity contribution in [3.05, 3.63) is 53.6 Å². The van der Waals surface area contributed by atoms with Gasteiger partial charge >= 0.3 is 0 Å². The first kappa shape index (κ1) is 15.2. The number of nitrogens with two attached hydrogens (primary N) is 1. The fourth-order valence-electron chi connectivity index (χ4n) is 3.54. The Hall–Kier alpha value is -4.05. The SMILES string of the molecule is N#Cc1c(-c2ccc3c(c2)OCO3)c(C=N)c(N)n2c1nc1ccccc12. The largest absolute Gasteiger partial charge is 0.454 e. The van der Waals surface area contributed by atoms with Gasteiger partial charge in [-0.1, -0.05) is 18.2 Å². The van der Waals surface area contributed by atoms with Crippen LogP contribution in [-0.4, -0.2) is 22.4 Å². The minimum atomic E-state index is 0.161. The van der Waals surface area contributed by atoms with Crippen molar-refractivity contribution in [2.75, 3.05) is 12.5 Å². The van der Waals surface area contributed by atoms with Crippen molar-refractivity contribution in [3.8, 4) is 28.7 Å². The number of aromatic nitrogens is 2. The predicted octanol–water partition coefficient (Wildman–Crippen LogP) is 3.33. The molecule has 0 spiro atoms. The van der Waals surface area contributed by atoms with E-state index in [1.54, 1.807) is 16.5 Å². The third kappa shape index (κ3) is 2.01. The zero-order chi connectivity index (χ0) is 18.5. The van der Waals surface area contributed by atoms with Gasteiger partial charge in [-0.15, -0.1) is 0 Å². The fourth-order valence-corrected chi connectivity index (χ4v) is 3.54. The number of hydrogen-bond acceptors (Lipinski definition) is 6. The molecule has 4 aromatic rings. The van der Waals surface area contributed by atoms with E-state index in [0.29, 0.717) is 39.7 Å². The van der Waals surface area contributed by atoms with Gasteiger partial charge < -0.3 is 20.6 Å². The fraction of sp³-hybridized carbons (Fsp3) is 0.0500. The third-order valence-corrected chi connectivity index (χ3v) is 4.74. The number of hydrogen-bond donors (Lipinski definition) is 2. The Morgan fingerprint density at radius 3 is 2.81 bits per heavy atom. The highest BCUT2D eigenvalue weighted by molar-refractivity contribution is 6.01. The van der Waals surface area contributed by atoms with E-state index in [1.165, 1.54) is 6.21 Å². The first-order valence-corrected chi connectivity index (χ1v) is 8.26. The van der Waals surface area contributed by atoms with Gasteiger partial charge in [0.1, 0.15) is 17.5 Å². The number of nitriles is 1. The highest BCUT2D eigenvalue weighted by atomic mass is 16.7. The molecule has 0 bridgehead atoms. The minimum Gasteiger partial charge on any atom is -0.454 e. The van der Waals surface area contributed by atoms with E-state index < -0.39 is 0 Å². The van der Waals surface area contributed by atoms with Crippen LogP contribution in [0.25, 0.3) is 27.8 Å². The predicted molar refractivity (Wildman–Crippen MR) is 101 cm³/mol. The van der Waals surface area contributed by atoms with Crippen molar-refractivity contribution < 1.29 is 9.47 Å². The summed E-state index contributed by atoms with van der Waals surface area (Å²) >= 11 is 0. The van der Waals surface area contributed by atoms with Gasteiger partial charge in [0.2, 0.25) is 6.79 Å². The second-order valence-electron chi connectivity index (χ2n) is 6.13. The molecule has 1 aliphatic rings. The molecule has 3 N–H and O–H groups in total. The van der Waals surface area contributed by atoms with E-state index in [4.69, 9.17) is 20.6 Å². The van der Waals surface area contributed by atoms with Gasteiger partial charge in [-0.3, -0.25) is 4.40 Å². The average molecular weight is 355 g/mol. The maximum Gasteiger partial charge on any atom is 0.231 e. The van der Waals surface area contributed by atoms with Crippen LogP contribution in [0.3, 0.4) is 0 Å². The molecule has 5 rings (SSSR count). The maximum atomic E-state index is 9.93. The molecule has 3 heterocycles. The zero-order valence-corrected chi connectivity index (χ0v) is 14.1. The Bertz CT molecular complexity index is 1300. The van der Waals surface area contributed by atoms with Crippen LogP contribution < -0.4 is 15.2 Å². The standard InChI is InChI=1S/C20H13N5O2/c21-8-12-18(11-5-6-16-17(7-11)27-10-26-16)13(9-22)20-24-14-3-1-2-4-15(14)25(20)19(12)23/h1-8,21H,10,23H2. The lowest BCUT2D eigenvalue weighted by Gasteiger charge is -2.14. The summed E-state index contributed by atoms with van der Waals surface area (Å²) in [5.74, 6) is 1.61. The van der Waals surface area contributed by atoms with Crippen LogP contribution in [0.4, 0.5) is 5.82 Å². The van der Waals surface area contributed by atoms with Crippen LogP contribution in [0.2, 0.25) is 0 Å². The van der Waals surface area contributed by atoms with E-state index in [-0.39, 0.29) is 6.79 Å². The number of benzene rings is 2. The normalized spacial score (nSPS) is 12.4. The summed E-state index contributed by atoms with van der Waals surface area (Å²) < 4.78 is 12.5.